The highest BCUT2D eigenvalue weighted by atomic mass is 16.7. The summed E-state index contributed by atoms with van der Waals surface area (Å²) in [5.41, 5.74) is 4.04. The van der Waals surface area contributed by atoms with Gasteiger partial charge in [0.1, 0.15) is 0 Å². The molecule has 2 aromatic rings. The number of piperidine rings is 1. The lowest BCUT2D eigenvalue weighted by Gasteiger charge is -2.39. The second-order valence-electron chi connectivity index (χ2n) is 8.60. The minimum Gasteiger partial charge on any atom is -0.346 e. The molecule has 0 radical (unpaired) electrons. The second-order valence-corrected chi connectivity index (χ2v) is 8.60. The van der Waals surface area contributed by atoms with E-state index in [1.165, 1.54) is 0 Å². The summed E-state index contributed by atoms with van der Waals surface area (Å²) in [4.78, 5) is 19.4. The van der Waals surface area contributed by atoms with Crippen molar-refractivity contribution < 1.29 is 14.3 Å². The first-order valence-corrected chi connectivity index (χ1v) is 11.8. The summed E-state index contributed by atoms with van der Waals surface area (Å²) in [6.07, 6.45) is 1.90. The summed E-state index contributed by atoms with van der Waals surface area (Å²) in [7, 11) is 2.18. The molecule has 1 amide bonds. The molecule has 2 saturated heterocycles. The van der Waals surface area contributed by atoms with Crippen LogP contribution in [0.25, 0.3) is 0 Å². The average Bonchev–Trinajstić information content (AvgIpc) is 3.37. The van der Waals surface area contributed by atoms with Crippen molar-refractivity contribution >= 4 is 17.3 Å². The lowest BCUT2D eigenvalue weighted by molar-refractivity contribution is -0.0440. The van der Waals surface area contributed by atoms with Gasteiger partial charge in [-0.3, -0.25) is 4.79 Å². The smallest absolute Gasteiger partial charge is 0.253 e. The molecule has 6 nitrogen and oxygen atoms in total. The van der Waals surface area contributed by atoms with Crippen molar-refractivity contribution in [2.75, 3.05) is 51.3 Å². The van der Waals surface area contributed by atoms with Crippen LogP contribution in [-0.4, -0.2) is 68.2 Å². The highest BCUT2D eigenvalue weighted by Gasteiger charge is 2.26. The van der Waals surface area contributed by atoms with Gasteiger partial charge >= 0.3 is 0 Å². The maximum absolute atomic E-state index is 12.8. The normalized spacial score (nSPS) is 18.1. The molecule has 172 valence electrons. The Morgan fingerprint density at radius 1 is 0.969 bits per heavy atom. The van der Waals surface area contributed by atoms with E-state index in [4.69, 9.17) is 9.47 Å². The molecule has 2 aliphatic rings. The summed E-state index contributed by atoms with van der Waals surface area (Å²) in [6, 6.07) is 17.0. The first kappa shape index (κ1) is 22.8. The molecular weight excluding hydrogens is 402 g/mol. The van der Waals surface area contributed by atoms with Gasteiger partial charge < -0.3 is 24.2 Å². The van der Waals surface area contributed by atoms with Crippen molar-refractivity contribution in [3.63, 3.8) is 0 Å². The number of ether oxygens (including phenoxy) is 2. The highest BCUT2D eigenvalue weighted by Crippen LogP contribution is 2.35. The SMILES string of the molecule is CCN(CC)C(=O)c1ccc(N(c2cccc(C3OCCO3)c2)C2CCN(C)CC2)cc1. The van der Waals surface area contributed by atoms with E-state index < -0.39 is 0 Å². The Hall–Kier alpha value is -2.41. The lowest BCUT2D eigenvalue weighted by Crippen LogP contribution is -2.41. The molecule has 2 aliphatic heterocycles. The molecule has 2 heterocycles. The Morgan fingerprint density at radius 2 is 1.62 bits per heavy atom. The molecule has 0 bridgehead atoms. The third-order valence-electron chi connectivity index (χ3n) is 6.54. The van der Waals surface area contributed by atoms with Gasteiger partial charge in [-0.25, -0.2) is 0 Å². The topological polar surface area (TPSA) is 45.3 Å². The summed E-state index contributed by atoms with van der Waals surface area (Å²) in [5.74, 6) is 0.0879. The summed E-state index contributed by atoms with van der Waals surface area (Å²) in [6.45, 7) is 8.90. The fraction of sp³-hybridized carbons (Fsp3) is 0.500. The van der Waals surface area contributed by atoms with E-state index in [9.17, 15) is 4.79 Å². The zero-order valence-corrected chi connectivity index (χ0v) is 19.5. The molecule has 2 fully saturated rings. The monoisotopic (exact) mass is 437 g/mol. The van der Waals surface area contributed by atoms with Crippen LogP contribution in [0.1, 0.15) is 48.9 Å². The molecular formula is C26H35N3O3. The van der Waals surface area contributed by atoms with Gasteiger partial charge in [0.2, 0.25) is 0 Å². The Balaban J connectivity index is 1.64. The van der Waals surface area contributed by atoms with Crippen LogP contribution in [0.5, 0.6) is 0 Å². The molecule has 4 rings (SSSR count). The van der Waals surface area contributed by atoms with Crippen molar-refractivity contribution in [2.24, 2.45) is 0 Å². The quantitative estimate of drug-likeness (QED) is 0.641. The van der Waals surface area contributed by atoms with Gasteiger partial charge in [0.05, 0.1) is 13.2 Å². The number of nitrogens with zero attached hydrogens (tertiary/aromatic N) is 3. The predicted octanol–water partition coefficient (Wildman–Crippen LogP) is 4.45. The van der Waals surface area contributed by atoms with E-state index in [1.54, 1.807) is 0 Å². The molecule has 0 aromatic heterocycles. The molecule has 0 N–H and O–H groups in total. The van der Waals surface area contributed by atoms with Gasteiger partial charge in [-0.1, -0.05) is 12.1 Å². The standard InChI is InChI=1S/C26H35N3O3/c1-4-28(5-2)25(30)20-9-11-22(12-10-20)29(23-13-15-27(3)16-14-23)24-8-6-7-21(19-24)26-31-17-18-32-26/h6-12,19,23,26H,4-5,13-18H2,1-3H3. The Kier molecular flexibility index (Phi) is 7.45. The molecule has 0 unspecified atom stereocenters. The Labute approximate surface area is 191 Å². The van der Waals surface area contributed by atoms with E-state index >= 15 is 0 Å². The zero-order valence-electron chi connectivity index (χ0n) is 19.5. The number of hydrogen-bond donors (Lipinski definition) is 0. The first-order valence-electron chi connectivity index (χ1n) is 11.8. The van der Waals surface area contributed by atoms with Crippen LogP contribution >= 0.6 is 0 Å². The molecule has 0 aliphatic carbocycles. The number of anilines is 2. The van der Waals surface area contributed by atoms with Gasteiger partial charge in [0, 0.05) is 41.6 Å². The zero-order chi connectivity index (χ0) is 22.5. The number of amides is 1. The molecule has 2 aromatic carbocycles. The maximum atomic E-state index is 12.8. The minimum absolute atomic E-state index is 0.0879. The number of hydrogen-bond acceptors (Lipinski definition) is 5. The van der Waals surface area contributed by atoms with Crippen molar-refractivity contribution in [3.05, 3.63) is 59.7 Å². The van der Waals surface area contributed by atoms with Crippen molar-refractivity contribution in [1.29, 1.82) is 0 Å². The summed E-state index contributed by atoms with van der Waals surface area (Å²) >= 11 is 0. The third-order valence-corrected chi connectivity index (χ3v) is 6.54. The van der Waals surface area contributed by atoms with Gasteiger partial charge in [0.15, 0.2) is 6.29 Å². The van der Waals surface area contributed by atoms with Crippen LogP contribution < -0.4 is 4.90 Å². The van der Waals surface area contributed by atoms with Crippen LogP contribution in [0.15, 0.2) is 48.5 Å². The van der Waals surface area contributed by atoms with Gasteiger partial charge in [0.25, 0.3) is 5.91 Å². The predicted molar refractivity (Wildman–Crippen MR) is 127 cm³/mol. The third kappa shape index (κ3) is 4.98. The fourth-order valence-electron chi connectivity index (χ4n) is 4.65. The van der Waals surface area contributed by atoms with E-state index in [0.29, 0.717) is 19.3 Å². The Bertz CT molecular complexity index is 883. The highest BCUT2D eigenvalue weighted by molar-refractivity contribution is 5.94. The molecule has 0 saturated carbocycles. The number of carbonyl (C=O) groups excluding carboxylic acids is 1. The van der Waals surface area contributed by atoms with Crippen LogP contribution in [0.3, 0.4) is 0 Å². The number of likely N-dealkylation sites (tertiary alicyclic amines) is 1. The molecule has 32 heavy (non-hydrogen) atoms. The molecule has 0 spiro atoms. The van der Waals surface area contributed by atoms with Crippen LogP contribution in [0.2, 0.25) is 0 Å². The Morgan fingerprint density at radius 3 is 2.25 bits per heavy atom. The fourth-order valence-corrected chi connectivity index (χ4v) is 4.65. The van der Waals surface area contributed by atoms with E-state index in [1.807, 2.05) is 30.9 Å². The molecule has 0 atom stereocenters. The van der Waals surface area contributed by atoms with Crippen LogP contribution in [-0.2, 0) is 9.47 Å². The van der Waals surface area contributed by atoms with Gasteiger partial charge in [-0.15, -0.1) is 0 Å². The first-order chi connectivity index (χ1) is 15.6. The number of rotatable bonds is 7. The van der Waals surface area contributed by atoms with Gasteiger partial charge in [-0.05, 0) is 83.2 Å². The number of benzene rings is 2. The summed E-state index contributed by atoms with van der Waals surface area (Å²) < 4.78 is 11.5. The van der Waals surface area contributed by atoms with Crippen molar-refractivity contribution in [3.8, 4) is 0 Å². The van der Waals surface area contributed by atoms with Crippen molar-refractivity contribution in [2.45, 2.75) is 39.0 Å². The largest absolute Gasteiger partial charge is 0.346 e. The van der Waals surface area contributed by atoms with E-state index in [0.717, 1.165) is 61.5 Å². The van der Waals surface area contributed by atoms with Crippen LogP contribution in [0.4, 0.5) is 11.4 Å². The van der Waals surface area contributed by atoms with Gasteiger partial charge in [-0.2, -0.15) is 0 Å². The summed E-state index contributed by atoms with van der Waals surface area (Å²) in [5, 5.41) is 0. The molecule has 6 heteroatoms. The van der Waals surface area contributed by atoms with Crippen molar-refractivity contribution in [1.82, 2.24) is 9.80 Å². The minimum atomic E-state index is -0.289. The lowest BCUT2D eigenvalue weighted by atomic mass is 10.0. The second kappa shape index (κ2) is 10.5. The average molecular weight is 438 g/mol. The maximum Gasteiger partial charge on any atom is 0.253 e. The van der Waals surface area contributed by atoms with Crippen LogP contribution in [0, 0.1) is 0 Å². The van der Waals surface area contributed by atoms with E-state index in [2.05, 4.69) is 53.2 Å². The number of carbonyl (C=O) groups is 1. The van der Waals surface area contributed by atoms with E-state index in [-0.39, 0.29) is 12.2 Å².